The number of methoxy groups -OCH3 is 1. The maximum absolute atomic E-state index is 12.6. The molecule has 0 aliphatic rings. The van der Waals surface area contributed by atoms with E-state index in [1.54, 1.807) is 0 Å². The summed E-state index contributed by atoms with van der Waals surface area (Å²) in [6.07, 6.45) is 2.50. The Morgan fingerprint density at radius 1 is 1.31 bits per heavy atom. The van der Waals surface area contributed by atoms with Crippen molar-refractivity contribution in [2.75, 3.05) is 7.11 Å². The zero-order valence-electron chi connectivity index (χ0n) is 8.77. The monoisotopic (exact) mass is 222 g/mol. The first kappa shape index (κ1) is 12.1. The Bertz CT molecular complexity index is 407. The van der Waals surface area contributed by atoms with Crippen LogP contribution >= 0.6 is 0 Å². The predicted octanol–water partition coefficient (Wildman–Crippen LogP) is 1.97. The van der Waals surface area contributed by atoms with Gasteiger partial charge in [-0.25, -0.2) is 4.39 Å². The van der Waals surface area contributed by atoms with Crippen molar-refractivity contribution in [3.8, 4) is 0 Å². The maximum Gasteiger partial charge on any atom is 0.313 e. The van der Waals surface area contributed by atoms with Crippen molar-refractivity contribution in [2.24, 2.45) is 0 Å². The van der Waals surface area contributed by atoms with E-state index >= 15 is 0 Å². The zero-order chi connectivity index (χ0) is 12.0. The number of hydrogen-bond acceptors (Lipinski definition) is 3. The average Bonchev–Trinajstić information content (AvgIpc) is 2.28. The van der Waals surface area contributed by atoms with E-state index in [4.69, 9.17) is 0 Å². The summed E-state index contributed by atoms with van der Waals surface area (Å²) >= 11 is 0. The third kappa shape index (κ3) is 4.04. The minimum Gasteiger partial charge on any atom is -0.469 e. The lowest BCUT2D eigenvalue weighted by molar-refractivity contribution is -0.142. The third-order valence-corrected chi connectivity index (χ3v) is 1.88. The Morgan fingerprint density at radius 2 is 1.94 bits per heavy atom. The molecule has 0 aliphatic carbocycles. The van der Waals surface area contributed by atoms with Crippen molar-refractivity contribution in [3.05, 3.63) is 41.7 Å². The van der Waals surface area contributed by atoms with Gasteiger partial charge < -0.3 is 4.74 Å². The molecule has 0 aromatic heterocycles. The van der Waals surface area contributed by atoms with Crippen LogP contribution in [0.3, 0.4) is 0 Å². The molecule has 1 aromatic carbocycles. The largest absolute Gasteiger partial charge is 0.469 e. The molecule has 0 unspecified atom stereocenters. The number of ketones is 1. The van der Waals surface area contributed by atoms with E-state index in [9.17, 15) is 14.0 Å². The molecule has 4 heteroatoms. The van der Waals surface area contributed by atoms with Gasteiger partial charge in [-0.2, -0.15) is 0 Å². The van der Waals surface area contributed by atoms with Gasteiger partial charge in [-0.15, -0.1) is 0 Å². The number of benzene rings is 1. The number of hydrogen-bond donors (Lipinski definition) is 0. The molecular weight excluding hydrogens is 211 g/mol. The molecule has 0 fully saturated rings. The lowest BCUT2D eigenvalue weighted by Gasteiger charge is -1.95. The molecule has 1 rings (SSSR count). The predicted molar refractivity (Wildman–Crippen MR) is 57.1 cm³/mol. The number of esters is 1. The van der Waals surface area contributed by atoms with Crippen LogP contribution in [0.25, 0.3) is 6.08 Å². The number of carbonyl (C=O) groups is 2. The standard InChI is InChI=1S/C12H11FO3/c1-16-12(15)8-11(14)7-4-9-2-5-10(13)6-3-9/h2-7H,8H2,1H3. The van der Waals surface area contributed by atoms with Crippen LogP contribution in [0.2, 0.25) is 0 Å². The van der Waals surface area contributed by atoms with Gasteiger partial charge in [0.1, 0.15) is 12.2 Å². The van der Waals surface area contributed by atoms with Crippen LogP contribution in [0.5, 0.6) is 0 Å². The van der Waals surface area contributed by atoms with Crippen LogP contribution in [0, 0.1) is 5.82 Å². The summed E-state index contributed by atoms with van der Waals surface area (Å²) in [4.78, 5) is 21.9. The van der Waals surface area contributed by atoms with Crippen LogP contribution in [-0.4, -0.2) is 18.9 Å². The van der Waals surface area contributed by atoms with Gasteiger partial charge >= 0.3 is 5.97 Å². The summed E-state index contributed by atoms with van der Waals surface area (Å²) < 4.78 is 16.9. The van der Waals surface area contributed by atoms with Crippen LogP contribution in [-0.2, 0) is 14.3 Å². The fourth-order valence-electron chi connectivity index (χ4n) is 1.04. The van der Waals surface area contributed by atoms with Crippen LogP contribution in [0.1, 0.15) is 12.0 Å². The molecule has 3 nitrogen and oxygen atoms in total. The van der Waals surface area contributed by atoms with Gasteiger partial charge in [0.25, 0.3) is 0 Å². The second-order valence-corrected chi connectivity index (χ2v) is 3.10. The normalized spacial score (nSPS) is 10.4. The second kappa shape index (κ2) is 5.80. The van der Waals surface area contributed by atoms with E-state index in [-0.39, 0.29) is 18.0 Å². The Kier molecular flexibility index (Phi) is 4.39. The fraction of sp³-hybridized carbons (Fsp3) is 0.167. The van der Waals surface area contributed by atoms with Crippen molar-refractivity contribution in [2.45, 2.75) is 6.42 Å². The molecule has 0 radical (unpaired) electrons. The van der Waals surface area contributed by atoms with Crippen molar-refractivity contribution < 1.29 is 18.7 Å². The van der Waals surface area contributed by atoms with Gasteiger partial charge in [-0.05, 0) is 23.8 Å². The first-order valence-corrected chi connectivity index (χ1v) is 4.65. The van der Waals surface area contributed by atoms with Gasteiger partial charge in [-0.1, -0.05) is 18.2 Å². The van der Waals surface area contributed by atoms with E-state index in [0.717, 1.165) is 0 Å². The molecule has 0 N–H and O–H groups in total. The van der Waals surface area contributed by atoms with Crippen LogP contribution < -0.4 is 0 Å². The SMILES string of the molecule is COC(=O)CC(=O)C=Cc1ccc(F)cc1. The summed E-state index contributed by atoms with van der Waals surface area (Å²) in [6, 6.07) is 5.67. The molecule has 84 valence electrons. The summed E-state index contributed by atoms with van der Waals surface area (Å²) in [5.41, 5.74) is 0.694. The van der Waals surface area contributed by atoms with E-state index in [2.05, 4.69) is 4.74 Å². The van der Waals surface area contributed by atoms with E-state index < -0.39 is 5.97 Å². The van der Waals surface area contributed by atoms with Gasteiger partial charge in [0.2, 0.25) is 0 Å². The van der Waals surface area contributed by atoms with Crippen molar-refractivity contribution in [1.29, 1.82) is 0 Å². The second-order valence-electron chi connectivity index (χ2n) is 3.10. The molecule has 0 heterocycles. The number of carbonyl (C=O) groups excluding carboxylic acids is 2. The molecule has 1 aromatic rings. The topological polar surface area (TPSA) is 43.4 Å². The first-order valence-electron chi connectivity index (χ1n) is 4.65. The highest BCUT2D eigenvalue weighted by Gasteiger charge is 2.05. The van der Waals surface area contributed by atoms with Gasteiger partial charge in [-0.3, -0.25) is 9.59 Å². The molecule has 0 atom stereocenters. The molecule has 0 bridgehead atoms. The summed E-state index contributed by atoms with van der Waals surface area (Å²) in [5.74, 6) is -1.26. The highest BCUT2D eigenvalue weighted by Crippen LogP contribution is 2.05. The number of allylic oxidation sites excluding steroid dienone is 1. The average molecular weight is 222 g/mol. The first-order chi connectivity index (χ1) is 7.61. The highest BCUT2D eigenvalue weighted by atomic mass is 19.1. The molecule has 0 spiro atoms. The highest BCUT2D eigenvalue weighted by molar-refractivity contribution is 6.03. The van der Waals surface area contributed by atoms with Gasteiger partial charge in [0.15, 0.2) is 5.78 Å². The summed E-state index contributed by atoms with van der Waals surface area (Å²) in [7, 11) is 1.22. The Hall–Kier alpha value is -1.97. The van der Waals surface area contributed by atoms with Crippen molar-refractivity contribution >= 4 is 17.8 Å². The Morgan fingerprint density at radius 3 is 2.50 bits per heavy atom. The molecular formula is C12H11FO3. The van der Waals surface area contributed by atoms with E-state index in [1.807, 2.05) is 0 Å². The number of halogens is 1. The lowest BCUT2D eigenvalue weighted by atomic mass is 10.2. The maximum atomic E-state index is 12.6. The molecule has 0 saturated heterocycles. The minimum atomic E-state index is -0.575. The summed E-state index contributed by atoms with van der Waals surface area (Å²) in [6.45, 7) is 0. The third-order valence-electron chi connectivity index (χ3n) is 1.88. The lowest BCUT2D eigenvalue weighted by Crippen LogP contribution is -2.06. The molecule has 16 heavy (non-hydrogen) atoms. The smallest absolute Gasteiger partial charge is 0.313 e. The fourth-order valence-corrected chi connectivity index (χ4v) is 1.04. The van der Waals surface area contributed by atoms with Gasteiger partial charge in [0, 0.05) is 0 Å². The van der Waals surface area contributed by atoms with E-state index in [1.165, 1.54) is 43.5 Å². The van der Waals surface area contributed by atoms with Gasteiger partial charge in [0.05, 0.1) is 7.11 Å². The quantitative estimate of drug-likeness (QED) is 0.444. The summed E-state index contributed by atoms with van der Waals surface area (Å²) in [5, 5.41) is 0. The zero-order valence-corrected chi connectivity index (χ0v) is 8.77. The van der Waals surface area contributed by atoms with E-state index in [0.29, 0.717) is 5.56 Å². The van der Waals surface area contributed by atoms with Crippen LogP contribution in [0.15, 0.2) is 30.3 Å². The van der Waals surface area contributed by atoms with Crippen molar-refractivity contribution in [3.63, 3.8) is 0 Å². The molecule has 0 amide bonds. The van der Waals surface area contributed by atoms with Crippen molar-refractivity contribution in [1.82, 2.24) is 0 Å². The number of rotatable bonds is 4. The molecule has 0 aliphatic heterocycles. The Balaban J connectivity index is 2.56. The number of ether oxygens (including phenoxy) is 1. The molecule has 0 saturated carbocycles. The minimum absolute atomic E-state index is 0.284. The van der Waals surface area contributed by atoms with Crippen LogP contribution in [0.4, 0.5) is 4.39 Å². The Labute approximate surface area is 92.5 Å².